The molecule has 2 aromatic carbocycles. The van der Waals surface area contributed by atoms with E-state index in [0.29, 0.717) is 16.8 Å². The molecule has 43 heavy (non-hydrogen) atoms. The molecule has 1 aromatic heterocycles. The fourth-order valence-corrected chi connectivity index (χ4v) is 7.49. The van der Waals surface area contributed by atoms with Gasteiger partial charge in [0.15, 0.2) is 0 Å². The Hall–Kier alpha value is -2.80. The summed E-state index contributed by atoms with van der Waals surface area (Å²) in [5, 5.41) is 4.25. The number of fused-ring (bicyclic) bond motifs is 1. The maximum atomic E-state index is 13.0. The molecule has 1 atom stereocenters. The Morgan fingerprint density at radius 2 is 1.67 bits per heavy atom. The van der Waals surface area contributed by atoms with Crippen LogP contribution in [0.15, 0.2) is 48.8 Å². The zero-order valence-electron chi connectivity index (χ0n) is 24.2. The van der Waals surface area contributed by atoms with E-state index >= 15 is 0 Å². The first-order valence-electron chi connectivity index (χ1n) is 15.1. The lowest BCUT2D eigenvalue weighted by atomic mass is 9.72. The van der Waals surface area contributed by atoms with Gasteiger partial charge in [-0.05, 0) is 92.9 Å². The van der Waals surface area contributed by atoms with Gasteiger partial charge in [-0.2, -0.15) is 13.2 Å². The van der Waals surface area contributed by atoms with Gasteiger partial charge in [-0.25, -0.2) is 18.9 Å². The van der Waals surface area contributed by atoms with E-state index in [0.717, 1.165) is 89.3 Å². The molecule has 2 aliphatic heterocycles. The minimum absolute atomic E-state index is 0.135. The van der Waals surface area contributed by atoms with E-state index in [1.54, 1.807) is 12.1 Å². The highest BCUT2D eigenvalue weighted by Gasteiger charge is 2.45. The largest absolute Gasteiger partial charge is 0.393 e. The summed E-state index contributed by atoms with van der Waals surface area (Å²) in [5.41, 5.74) is 3.55. The van der Waals surface area contributed by atoms with Crippen molar-refractivity contribution in [2.45, 2.75) is 63.7 Å². The fraction of sp³-hybridized carbons (Fsp3) is 0.548. The molecule has 1 saturated carbocycles. The number of aromatic nitrogens is 2. The van der Waals surface area contributed by atoms with Crippen LogP contribution in [0, 0.1) is 11.3 Å². The van der Waals surface area contributed by atoms with Crippen molar-refractivity contribution in [2.75, 3.05) is 42.9 Å². The average molecular weight is 617 g/mol. The van der Waals surface area contributed by atoms with Gasteiger partial charge in [0.05, 0.1) is 11.9 Å². The van der Waals surface area contributed by atoms with E-state index in [2.05, 4.69) is 54.1 Å². The van der Waals surface area contributed by atoms with E-state index < -0.39 is 23.9 Å². The second kappa shape index (κ2) is 12.7. The van der Waals surface area contributed by atoms with Gasteiger partial charge in [0.2, 0.25) is 11.3 Å². The third-order valence-corrected chi connectivity index (χ3v) is 9.96. The molecule has 3 heterocycles. The molecule has 3 aliphatic rings. The number of piperidine rings is 1. The first kappa shape index (κ1) is 30.2. The summed E-state index contributed by atoms with van der Waals surface area (Å²) in [7, 11) is 0. The SMILES string of the molecule is O=S(O)NC1CCC(CNc2ccc(CN3CCC4(CC3)CN(c3ncnc5ccc(CC(F)(F)F)cc35)C4)cc2)CC1. The minimum atomic E-state index is -4.25. The van der Waals surface area contributed by atoms with Crippen LogP contribution < -0.4 is 14.9 Å². The van der Waals surface area contributed by atoms with Gasteiger partial charge in [-0.15, -0.1) is 0 Å². The Balaban J connectivity index is 0.957. The van der Waals surface area contributed by atoms with Crippen molar-refractivity contribution >= 4 is 33.7 Å². The topological polar surface area (TPSA) is 93.6 Å². The van der Waals surface area contributed by atoms with Crippen LogP contribution in [0.1, 0.15) is 49.7 Å². The average Bonchev–Trinajstić information content (AvgIpc) is 2.95. The molecule has 1 spiro atoms. The van der Waals surface area contributed by atoms with Crippen molar-refractivity contribution < 1.29 is 21.9 Å². The Kier molecular flexibility index (Phi) is 8.91. The molecule has 1 unspecified atom stereocenters. The van der Waals surface area contributed by atoms with Gasteiger partial charge in [-0.3, -0.25) is 9.45 Å². The standard InChI is InChI=1S/C31H39F3N6O2S/c32-31(33,34)16-24-5-10-28-27(15-24)29(37-21-36-28)40-19-30(20-40)11-13-39(14-12-30)18-23-3-6-25(7-4-23)35-17-22-1-8-26(9-2-22)38-43(41)42/h3-7,10,15,21-22,26,35,38H,1-2,8-9,11-14,16-20H2,(H,41,42). The van der Waals surface area contributed by atoms with Crippen LogP contribution in [-0.4, -0.2) is 68.6 Å². The van der Waals surface area contributed by atoms with Crippen molar-refractivity contribution in [1.29, 1.82) is 0 Å². The summed E-state index contributed by atoms with van der Waals surface area (Å²) in [5.74, 6) is 1.31. The van der Waals surface area contributed by atoms with Crippen LogP contribution in [0.25, 0.3) is 10.9 Å². The molecule has 3 aromatic rings. The lowest BCUT2D eigenvalue weighted by Gasteiger charge is -2.54. The van der Waals surface area contributed by atoms with Gasteiger partial charge in [0.25, 0.3) is 0 Å². The van der Waals surface area contributed by atoms with Crippen LogP contribution in [0.3, 0.4) is 0 Å². The number of hydrogen-bond donors (Lipinski definition) is 3. The molecule has 232 valence electrons. The number of nitrogens with zero attached hydrogens (tertiary/aromatic N) is 4. The fourth-order valence-electron chi connectivity index (χ4n) is 6.97. The van der Waals surface area contributed by atoms with Crippen LogP contribution in [0.2, 0.25) is 0 Å². The number of likely N-dealkylation sites (tertiary alicyclic amines) is 1. The maximum absolute atomic E-state index is 13.0. The van der Waals surface area contributed by atoms with Gasteiger partial charge < -0.3 is 10.2 Å². The Bertz CT molecular complexity index is 1420. The lowest BCUT2D eigenvalue weighted by Crippen LogP contribution is -2.60. The molecule has 12 heteroatoms. The second-order valence-electron chi connectivity index (χ2n) is 12.6. The van der Waals surface area contributed by atoms with Crippen molar-refractivity contribution in [3.8, 4) is 0 Å². The van der Waals surface area contributed by atoms with E-state index in [1.807, 2.05) is 0 Å². The van der Waals surface area contributed by atoms with Gasteiger partial charge in [0, 0.05) is 48.7 Å². The number of benzene rings is 2. The van der Waals surface area contributed by atoms with E-state index in [1.165, 1.54) is 18.0 Å². The normalized spacial score (nSPS) is 23.3. The van der Waals surface area contributed by atoms with Crippen LogP contribution in [0.5, 0.6) is 0 Å². The smallest absolute Gasteiger partial charge is 0.385 e. The number of halogens is 3. The molecule has 0 bridgehead atoms. The molecule has 0 radical (unpaired) electrons. The molecule has 1 aliphatic carbocycles. The summed E-state index contributed by atoms with van der Waals surface area (Å²) >= 11 is -1.93. The Morgan fingerprint density at radius 1 is 0.977 bits per heavy atom. The van der Waals surface area contributed by atoms with Gasteiger partial charge in [-0.1, -0.05) is 18.2 Å². The van der Waals surface area contributed by atoms with Crippen molar-refractivity contribution in [2.24, 2.45) is 11.3 Å². The highest BCUT2D eigenvalue weighted by Crippen LogP contribution is 2.44. The van der Waals surface area contributed by atoms with Gasteiger partial charge >= 0.3 is 6.18 Å². The lowest BCUT2D eigenvalue weighted by molar-refractivity contribution is -0.127. The quantitative estimate of drug-likeness (QED) is 0.272. The van der Waals surface area contributed by atoms with Crippen LogP contribution in [0.4, 0.5) is 24.7 Å². The van der Waals surface area contributed by atoms with Crippen LogP contribution in [-0.2, 0) is 24.2 Å². The summed E-state index contributed by atoms with van der Waals surface area (Å²) in [6, 6.07) is 13.6. The summed E-state index contributed by atoms with van der Waals surface area (Å²) in [4.78, 5) is 13.4. The minimum Gasteiger partial charge on any atom is -0.385 e. The predicted molar refractivity (Wildman–Crippen MR) is 163 cm³/mol. The number of alkyl halides is 3. The number of nitrogens with one attached hydrogen (secondary N) is 2. The first-order valence-corrected chi connectivity index (χ1v) is 16.2. The van der Waals surface area contributed by atoms with E-state index in [-0.39, 0.29) is 17.0 Å². The summed E-state index contributed by atoms with van der Waals surface area (Å²) in [6.07, 6.45) is 2.44. The Labute approximate surface area is 252 Å². The molecular formula is C31H39F3N6O2S. The van der Waals surface area contributed by atoms with Crippen molar-refractivity contribution in [1.82, 2.24) is 19.6 Å². The summed E-state index contributed by atoms with van der Waals surface area (Å²) < 4.78 is 61.6. The maximum Gasteiger partial charge on any atom is 0.393 e. The zero-order valence-corrected chi connectivity index (χ0v) is 25.0. The van der Waals surface area contributed by atoms with Crippen molar-refractivity contribution in [3.05, 3.63) is 59.9 Å². The molecule has 0 amide bonds. The number of anilines is 2. The van der Waals surface area contributed by atoms with Crippen LogP contribution >= 0.6 is 0 Å². The van der Waals surface area contributed by atoms with Gasteiger partial charge in [0.1, 0.15) is 12.1 Å². The highest BCUT2D eigenvalue weighted by atomic mass is 32.2. The highest BCUT2D eigenvalue weighted by molar-refractivity contribution is 7.77. The monoisotopic (exact) mass is 616 g/mol. The first-order chi connectivity index (χ1) is 20.6. The molecule has 2 saturated heterocycles. The molecule has 6 rings (SSSR count). The molecular weight excluding hydrogens is 577 g/mol. The second-order valence-corrected chi connectivity index (χ2v) is 13.4. The summed E-state index contributed by atoms with van der Waals surface area (Å²) in [6.45, 7) is 5.62. The molecule has 3 N–H and O–H groups in total. The molecule has 8 nitrogen and oxygen atoms in total. The third-order valence-electron chi connectivity index (χ3n) is 9.42. The predicted octanol–water partition coefficient (Wildman–Crippen LogP) is 5.53. The third kappa shape index (κ3) is 7.65. The van der Waals surface area contributed by atoms with E-state index in [9.17, 15) is 17.4 Å². The number of hydrogen-bond acceptors (Lipinski definition) is 6. The van der Waals surface area contributed by atoms with Crippen molar-refractivity contribution in [3.63, 3.8) is 0 Å². The number of rotatable bonds is 9. The van der Waals surface area contributed by atoms with E-state index in [4.69, 9.17) is 4.55 Å². The molecule has 3 fully saturated rings. The Morgan fingerprint density at radius 3 is 2.35 bits per heavy atom. The zero-order chi connectivity index (χ0) is 30.0.